The van der Waals surface area contributed by atoms with Gasteiger partial charge >= 0.3 is 18.1 Å². The Labute approximate surface area is 112 Å². The minimum atomic E-state index is -5.08. The first kappa shape index (κ1) is 20.5. The van der Waals surface area contributed by atoms with Crippen molar-refractivity contribution in [2.24, 2.45) is 11.7 Å². The van der Waals surface area contributed by atoms with E-state index in [1.54, 1.807) is 13.8 Å². The molecular weight excluding hydrogens is 285 g/mol. The second kappa shape index (κ2) is 8.35. The number of carbonyl (C=O) groups is 3. The van der Waals surface area contributed by atoms with Gasteiger partial charge in [-0.05, 0) is 12.8 Å². The van der Waals surface area contributed by atoms with E-state index in [9.17, 15) is 22.8 Å². The fraction of sp³-hybridized carbons (Fsp3) is 0.700. The molecule has 118 valence electrons. The van der Waals surface area contributed by atoms with E-state index in [-0.39, 0.29) is 5.92 Å². The van der Waals surface area contributed by atoms with Gasteiger partial charge in [-0.2, -0.15) is 13.2 Å². The lowest BCUT2D eigenvalue weighted by atomic mass is 10.0. The normalized spacial score (nSPS) is 13.8. The molecule has 1 amide bonds. The van der Waals surface area contributed by atoms with Crippen LogP contribution >= 0.6 is 0 Å². The molecule has 0 saturated heterocycles. The molecule has 2 atom stereocenters. The lowest BCUT2D eigenvalue weighted by molar-refractivity contribution is -0.192. The van der Waals surface area contributed by atoms with Crippen LogP contribution in [0.15, 0.2) is 0 Å². The van der Waals surface area contributed by atoms with Gasteiger partial charge in [0.1, 0.15) is 6.04 Å². The topological polar surface area (TPSA) is 130 Å². The fourth-order valence-corrected chi connectivity index (χ4v) is 0.798. The maximum atomic E-state index is 11.1. The van der Waals surface area contributed by atoms with Crippen molar-refractivity contribution in [3.05, 3.63) is 0 Å². The highest BCUT2D eigenvalue weighted by atomic mass is 19.4. The lowest BCUT2D eigenvalue weighted by Gasteiger charge is -2.18. The number of carboxylic acids is 2. The molecule has 0 bridgehead atoms. The minimum Gasteiger partial charge on any atom is -0.480 e. The van der Waals surface area contributed by atoms with Crippen LogP contribution in [-0.2, 0) is 14.4 Å². The molecule has 0 fully saturated rings. The smallest absolute Gasteiger partial charge is 0.480 e. The predicted octanol–water partition coefficient (Wildman–Crippen LogP) is 0.192. The standard InChI is InChI=1S/C8H16N2O3.C2HF3O2/c1-4(2)6(8(12)13)10-7(11)5(3)9;3-2(4,5)1(6)7/h4-6H,9H2,1-3H3,(H,10,11)(H,12,13);(H,6,7). The predicted molar refractivity (Wildman–Crippen MR) is 61.7 cm³/mol. The molecule has 0 aliphatic heterocycles. The Morgan fingerprint density at radius 3 is 1.60 bits per heavy atom. The van der Waals surface area contributed by atoms with Crippen molar-refractivity contribution in [3.8, 4) is 0 Å². The summed E-state index contributed by atoms with van der Waals surface area (Å²) < 4.78 is 31.7. The van der Waals surface area contributed by atoms with Gasteiger partial charge in [0.2, 0.25) is 5.91 Å². The van der Waals surface area contributed by atoms with Gasteiger partial charge in [-0.1, -0.05) is 13.8 Å². The van der Waals surface area contributed by atoms with Crippen LogP contribution in [-0.4, -0.2) is 46.3 Å². The first-order valence-corrected chi connectivity index (χ1v) is 5.39. The molecule has 0 aliphatic rings. The highest BCUT2D eigenvalue weighted by Gasteiger charge is 2.38. The second-order valence-corrected chi connectivity index (χ2v) is 4.16. The summed E-state index contributed by atoms with van der Waals surface area (Å²) in [6, 6.07) is -1.54. The molecule has 0 spiro atoms. The van der Waals surface area contributed by atoms with Gasteiger partial charge < -0.3 is 21.3 Å². The van der Waals surface area contributed by atoms with E-state index in [4.69, 9.17) is 20.7 Å². The summed E-state index contributed by atoms with van der Waals surface area (Å²) in [6.45, 7) is 4.95. The first-order chi connectivity index (χ1) is 8.80. The number of hydrogen-bond acceptors (Lipinski definition) is 4. The monoisotopic (exact) mass is 302 g/mol. The van der Waals surface area contributed by atoms with Gasteiger partial charge in [0.05, 0.1) is 6.04 Å². The largest absolute Gasteiger partial charge is 0.490 e. The van der Waals surface area contributed by atoms with E-state index in [1.807, 2.05) is 0 Å². The van der Waals surface area contributed by atoms with E-state index in [2.05, 4.69) is 5.32 Å². The van der Waals surface area contributed by atoms with Gasteiger partial charge in [0, 0.05) is 0 Å². The van der Waals surface area contributed by atoms with Crippen molar-refractivity contribution in [3.63, 3.8) is 0 Å². The van der Waals surface area contributed by atoms with Gasteiger partial charge in [0.25, 0.3) is 0 Å². The second-order valence-electron chi connectivity index (χ2n) is 4.16. The zero-order valence-electron chi connectivity index (χ0n) is 11.1. The molecule has 0 aromatic heterocycles. The summed E-state index contributed by atoms with van der Waals surface area (Å²) in [5.74, 6) is -4.39. The molecule has 0 rings (SSSR count). The Bertz CT molecular complexity index is 355. The molecule has 0 heterocycles. The number of alkyl halides is 3. The molecule has 10 heteroatoms. The lowest BCUT2D eigenvalue weighted by Crippen LogP contribution is -2.49. The van der Waals surface area contributed by atoms with Crippen LogP contribution < -0.4 is 11.1 Å². The van der Waals surface area contributed by atoms with Crippen LogP contribution in [0.5, 0.6) is 0 Å². The summed E-state index contributed by atoms with van der Waals surface area (Å²) in [6.07, 6.45) is -5.08. The number of amides is 1. The van der Waals surface area contributed by atoms with Gasteiger partial charge in [-0.3, -0.25) is 4.79 Å². The Morgan fingerprint density at radius 2 is 1.45 bits per heavy atom. The third-order valence-corrected chi connectivity index (χ3v) is 1.89. The maximum absolute atomic E-state index is 11.1. The van der Waals surface area contributed by atoms with E-state index in [0.29, 0.717) is 0 Å². The highest BCUT2D eigenvalue weighted by Crippen LogP contribution is 2.13. The molecular formula is C10H17F3N2O5. The van der Waals surface area contributed by atoms with Crippen molar-refractivity contribution in [1.29, 1.82) is 0 Å². The van der Waals surface area contributed by atoms with Crippen LogP contribution in [0.4, 0.5) is 13.2 Å². The minimum absolute atomic E-state index is 0.153. The van der Waals surface area contributed by atoms with Crippen LogP contribution in [0.3, 0.4) is 0 Å². The van der Waals surface area contributed by atoms with Crippen molar-refractivity contribution in [2.45, 2.75) is 39.0 Å². The summed E-state index contributed by atoms with van der Waals surface area (Å²) >= 11 is 0. The molecule has 20 heavy (non-hydrogen) atoms. The van der Waals surface area contributed by atoms with E-state index in [0.717, 1.165) is 0 Å². The summed E-state index contributed by atoms with van der Waals surface area (Å²) in [5.41, 5.74) is 5.28. The third kappa shape index (κ3) is 9.14. The number of aliphatic carboxylic acids is 2. The van der Waals surface area contributed by atoms with Gasteiger partial charge in [-0.25, -0.2) is 9.59 Å². The average molecular weight is 302 g/mol. The van der Waals surface area contributed by atoms with E-state index < -0.39 is 36.1 Å². The maximum Gasteiger partial charge on any atom is 0.490 e. The van der Waals surface area contributed by atoms with Gasteiger partial charge in [-0.15, -0.1) is 0 Å². The van der Waals surface area contributed by atoms with Crippen molar-refractivity contribution in [2.75, 3.05) is 0 Å². The quantitative estimate of drug-likeness (QED) is 0.586. The fourth-order valence-electron chi connectivity index (χ4n) is 0.798. The van der Waals surface area contributed by atoms with Crippen LogP contribution in [0, 0.1) is 5.92 Å². The number of rotatable bonds is 4. The molecule has 0 aliphatic carbocycles. The van der Waals surface area contributed by atoms with Crippen molar-refractivity contribution in [1.82, 2.24) is 5.32 Å². The molecule has 0 aromatic carbocycles. The highest BCUT2D eigenvalue weighted by molar-refractivity contribution is 5.86. The molecule has 0 aromatic rings. The van der Waals surface area contributed by atoms with Crippen molar-refractivity contribution >= 4 is 17.8 Å². The van der Waals surface area contributed by atoms with Crippen LogP contribution in [0.2, 0.25) is 0 Å². The molecule has 5 N–H and O–H groups in total. The summed E-state index contributed by atoms with van der Waals surface area (Å²) in [7, 11) is 0. The summed E-state index contributed by atoms with van der Waals surface area (Å²) in [4.78, 5) is 30.6. The average Bonchev–Trinajstić information content (AvgIpc) is 2.23. The van der Waals surface area contributed by atoms with E-state index in [1.165, 1.54) is 6.92 Å². The van der Waals surface area contributed by atoms with Gasteiger partial charge in [0.15, 0.2) is 0 Å². The first-order valence-electron chi connectivity index (χ1n) is 5.39. The molecule has 0 radical (unpaired) electrons. The number of carboxylic acid groups (broad SMARTS) is 2. The SMILES string of the molecule is CC(N)C(=O)NC(C(=O)O)C(C)C.O=C(O)C(F)(F)F. The molecule has 2 unspecified atom stereocenters. The van der Waals surface area contributed by atoms with Crippen molar-refractivity contribution < 1.29 is 37.8 Å². The number of nitrogens with one attached hydrogen (secondary N) is 1. The Balaban J connectivity index is 0. The Kier molecular flexibility index (Phi) is 8.55. The van der Waals surface area contributed by atoms with Crippen LogP contribution in [0.1, 0.15) is 20.8 Å². The Hall–Kier alpha value is -1.84. The van der Waals surface area contributed by atoms with E-state index >= 15 is 0 Å². The molecule has 7 nitrogen and oxygen atoms in total. The zero-order chi connectivity index (χ0) is 16.7. The third-order valence-electron chi connectivity index (χ3n) is 1.89. The number of hydrogen-bond donors (Lipinski definition) is 4. The number of carbonyl (C=O) groups excluding carboxylic acids is 1. The van der Waals surface area contributed by atoms with Crippen LogP contribution in [0.25, 0.3) is 0 Å². The Morgan fingerprint density at radius 1 is 1.10 bits per heavy atom. The molecule has 0 saturated carbocycles. The number of nitrogens with two attached hydrogens (primary N) is 1. The number of halogens is 3. The zero-order valence-corrected chi connectivity index (χ0v) is 11.1. The summed E-state index contributed by atoms with van der Waals surface area (Å²) in [5, 5.41) is 18.2.